The highest BCUT2D eigenvalue weighted by molar-refractivity contribution is 8.12. The van der Waals surface area contributed by atoms with Gasteiger partial charge in [0.2, 0.25) is 0 Å². The van der Waals surface area contributed by atoms with Crippen molar-refractivity contribution in [3.05, 3.63) is 23.5 Å². The van der Waals surface area contributed by atoms with Crippen LogP contribution in [0.3, 0.4) is 0 Å². The maximum Gasteiger partial charge on any atom is 0.427 e. The van der Waals surface area contributed by atoms with Crippen LogP contribution in [0.5, 0.6) is 5.75 Å². The van der Waals surface area contributed by atoms with Crippen molar-refractivity contribution in [1.29, 1.82) is 0 Å². The number of nitrogens with zero attached hydrogens (tertiary/aromatic N) is 1. The van der Waals surface area contributed by atoms with E-state index in [1.54, 1.807) is 19.1 Å². The predicted octanol–water partition coefficient (Wildman–Crippen LogP) is 1.52. The molecule has 1 rings (SSSR count). The van der Waals surface area contributed by atoms with Crippen LogP contribution in [-0.2, 0) is 15.7 Å². The van der Waals surface area contributed by atoms with E-state index in [2.05, 4.69) is 4.98 Å². The first-order valence-corrected chi connectivity index (χ1v) is 7.03. The fraction of sp³-hybridized carbons (Fsp3) is 0.333. The van der Waals surface area contributed by atoms with Gasteiger partial charge in [0.15, 0.2) is 5.75 Å². The fourth-order valence-electron chi connectivity index (χ4n) is 1.16. The average Bonchev–Trinajstić information content (AvgIpc) is 2.17. The second-order valence-electron chi connectivity index (χ2n) is 3.18. The molecule has 0 saturated carbocycles. The zero-order valence-electron chi connectivity index (χ0n) is 9.23. The van der Waals surface area contributed by atoms with Crippen LogP contribution in [0.25, 0.3) is 0 Å². The van der Waals surface area contributed by atoms with Crippen LogP contribution in [0.1, 0.15) is 18.3 Å². The molecule has 1 heterocycles. The number of hydrogen-bond donors (Lipinski definition) is 1. The van der Waals surface area contributed by atoms with Gasteiger partial charge in [-0.05, 0) is 25.5 Å². The fourth-order valence-corrected chi connectivity index (χ4v) is 1.59. The molecule has 1 N–H and O–H groups in total. The number of ether oxygens (including phenoxy) is 1. The van der Waals surface area contributed by atoms with Crippen molar-refractivity contribution < 1.29 is 17.9 Å². The van der Waals surface area contributed by atoms with Gasteiger partial charge in [0.25, 0.3) is 0 Å². The molecule has 0 aromatic carbocycles. The molecular weight excluding hydrogens is 268 g/mol. The summed E-state index contributed by atoms with van der Waals surface area (Å²) < 4.78 is 27.4. The Morgan fingerprint density at radius 1 is 1.53 bits per heavy atom. The number of nitrogens with one attached hydrogen (secondary N) is 1. The lowest BCUT2D eigenvalue weighted by molar-refractivity contribution is 0.206. The molecule has 0 bridgehead atoms. The Balaban J connectivity index is 2.85. The van der Waals surface area contributed by atoms with E-state index in [9.17, 15) is 13.2 Å². The van der Waals surface area contributed by atoms with Crippen LogP contribution in [0, 0.1) is 6.92 Å². The highest BCUT2D eigenvalue weighted by Gasteiger charge is 2.14. The van der Waals surface area contributed by atoms with Gasteiger partial charge < -0.3 is 4.74 Å². The van der Waals surface area contributed by atoms with E-state index in [0.29, 0.717) is 12.1 Å². The van der Waals surface area contributed by atoms with Crippen molar-refractivity contribution in [2.75, 3.05) is 0 Å². The zero-order chi connectivity index (χ0) is 13.1. The topological polar surface area (TPSA) is 85.4 Å². The minimum Gasteiger partial charge on any atom is -0.408 e. The molecule has 94 valence electrons. The van der Waals surface area contributed by atoms with Gasteiger partial charge in [-0.15, -0.1) is 0 Å². The average molecular weight is 279 g/mol. The smallest absolute Gasteiger partial charge is 0.408 e. The summed E-state index contributed by atoms with van der Waals surface area (Å²) in [5, 5.41) is 0. The lowest BCUT2D eigenvalue weighted by Gasteiger charge is -2.08. The standard InChI is InChI=1S/C9H11ClN2O4S/c1-3-7-8(5-4-6(2)11-7)16-9(13)12-17(10,14)15/h4-5H,3H2,1-2H3,(H,12,13). The third-order valence-electron chi connectivity index (χ3n) is 1.81. The number of rotatable bonds is 3. The van der Waals surface area contributed by atoms with Crippen LogP contribution in [-0.4, -0.2) is 19.5 Å². The predicted molar refractivity (Wildman–Crippen MR) is 62.3 cm³/mol. The third-order valence-corrected chi connectivity index (χ3v) is 2.46. The maximum atomic E-state index is 11.2. The Bertz CT molecular complexity index is 530. The van der Waals surface area contributed by atoms with Gasteiger partial charge >= 0.3 is 15.3 Å². The van der Waals surface area contributed by atoms with E-state index in [-0.39, 0.29) is 5.75 Å². The van der Waals surface area contributed by atoms with E-state index >= 15 is 0 Å². The van der Waals surface area contributed by atoms with Crippen molar-refractivity contribution >= 4 is 26.0 Å². The van der Waals surface area contributed by atoms with Gasteiger partial charge in [-0.2, -0.15) is 8.42 Å². The highest BCUT2D eigenvalue weighted by Crippen LogP contribution is 2.17. The number of pyridine rings is 1. The van der Waals surface area contributed by atoms with Crippen molar-refractivity contribution in [2.24, 2.45) is 0 Å². The summed E-state index contributed by atoms with van der Waals surface area (Å²) >= 11 is 0. The van der Waals surface area contributed by atoms with Crippen LogP contribution >= 0.6 is 10.7 Å². The Kier molecular flexibility index (Phi) is 4.30. The van der Waals surface area contributed by atoms with E-state index in [1.807, 2.05) is 6.92 Å². The molecule has 0 atom stereocenters. The summed E-state index contributed by atoms with van der Waals surface area (Å²) in [5.74, 6) is 0.205. The minimum atomic E-state index is -4.14. The van der Waals surface area contributed by atoms with Gasteiger partial charge in [0.1, 0.15) is 0 Å². The molecule has 1 aromatic rings. The number of amides is 1. The normalized spacial score (nSPS) is 11.0. The molecule has 0 spiro atoms. The first-order valence-electron chi connectivity index (χ1n) is 4.72. The monoisotopic (exact) mass is 278 g/mol. The number of hydrogen-bond acceptors (Lipinski definition) is 5. The van der Waals surface area contributed by atoms with Crippen molar-refractivity contribution in [1.82, 2.24) is 9.71 Å². The summed E-state index contributed by atoms with van der Waals surface area (Å²) in [7, 11) is 0.694. The van der Waals surface area contributed by atoms with Gasteiger partial charge in [-0.1, -0.05) is 6.92 Å². The molecule has 0 unspecified atom stereocenters. The quantitative estimate of drug-likeness (QED) is 0.848. The lowest BCUT2D eigenvalue weighted by Crippen LogP contribution is -2.29. The SMILES string of the molecule is CCc1nc(C)ccc1OC(=O)NS(=O)(=O)Cl. The lowest BCUT2D eigenvalue weighted by atomic mass is 10.2. The van der Waals surface area contributed by atoms with Gasteiger partial charge in [-0.25, -0.2) is 9.52 Å². The summed E-state index contributed by atoms with van der Waals surface area (Å²) in [6.45, 7) is 3.64. The van der Waals surface area contributed by atoms with Crippen molar-refractivity contribution in [3.8, 4) is 5.75 Å². The van der Waals surface area contributed by atoms with E-state index in [0.717, 1.165) is 5.69 Å². The minimum absolute atomic E-state index is 0.205. The van der Waals surface area contributed by atoms with Gasteiger partial charge in [0, 0.05) is 16.4 Å². The molecule has 0 aliphatic rings. The largest absolute Gasteiger partial charge is 0.427 e. The molecule has 6 nitrogen and oxygen atoms in total. The molecule has 0 aliphatic carbocycles. The maximum absolute atomic E-state index is 11.2. The molecule has 8 heteroatoms. The Morgan fingerprint density at radius 2 is 2.18 bits per heavy atom. The molecule has 1 amide bonds. The first kappa shape index (κ1) is 13.7. The zero-order valence-corrected chi connectivity index (χ0v) is 10.8. The Morgan fingerprint density at radius 3 is 2.71 bits per heavy atom. The second kappa shape index (κ2) is 5.33. The van der Waals surface area contributed by atoms with Crippen LogP contribution in [0.2, 0.25) is 0 Å². The second-order valence-corrected chi connectivity index (χ2v) is 5.48. The van der Waals surface area contributed by atoms with Gasteiger partial charge in [-0.3, -0.25) is 4.98 Å². The molecule has 0 fully saturated rings. The van der Waals surface area contributed by atoms with Crippen LogP contribution in [0.15, 0.2) is 12.1 Å². The number of aromatic nitrogens is 1. The number of carbonyl (C=O) groups excluding carboxylic acids is 1. The highest BCUT2D eigenvalue weighted by atomic mass is 35.7. The number of carbonyl (C=O) groups is 1. The third kappa shape index (κ3) is 4.58. The van der Waals surface area contributed by atoms with E-state index in [1.165, 1.54) is 4.72 Å². The Labute approximate surface area is 104 Å². The molecule has 0 aliphatic heterocycles. The summed E-state index contributed by atoms with van der Waals surface area (Å²) in [6.07, 6.45) is -0.613. The molecule has 1 aromatic heterocycles. The summed E-state index contributed by atoms with van der Waals surface area (Å²) in [6, 6.07) is 3.19. The van der Waals surface area contributed by atoms with Crippen molar-refractivity contribution in [3.63, 3.8) is 0 Å². The van der Waals surface area contributed by atoms with Crippen LogP contribution < -0.4 is 9.46 Å². The van der Waals surface area contributed by atoms with Gasteiger partial charge in [0.05, 0.1) is 5.69 Å². The first-order chi connectivity index (χ1) is 7.81. The molecule has 0 saturated heterocycles. The van der Waals surface area contributed by atoms with E-state index < -0.39 is 15.3 Å². The molecule has 17 heavy (non-hydrogen) atoms. The Hall–Kier alpha value is -1.34. The molecular formula is C9H11ClN2O4S. The summed E-state index contributed by atoms with van der Waals surface area (Å²) in [4.78, 5) is 15.3. The van der Waals surface area contributed by atoms with Crippen molar-refractivity contribution in [2.45, 2.75) is 20.3 Å². The van der Waals surface area contributed by atoms with E-state index in [4.69, 9.17) is 15.4 Å². The number of halogens is 1. The summed E-state index contributed by atoms with van der Waals surface area (Å²) in [5.41, 5.74) is 1.34. The van der Waals surface area contributed by atoms with Crippen LogP contribution in [0.4, 0.5) is 4.79 Å². The molecule has 0 radical (unpaired) electrons. The number of aryl methyl sites for hydroxylation is 2.